The molecule has 6 nitrogen and oxygen atoms in total. The quantitative estimate of drug-likeness (QED) is 0.741. The molecule has 22 heavy (non-hydrogen) atoms. The van der Waals surface area contributed by atoms with Gasteiger partial charge in [-0.15, -0.1) is 5.10 Å². The molecule has 1 aromatic carbocycles. The van der Waals surface area contributed by atoms with E-state index in [0.717, 1.165) is 26.2 Å². The maximum absolute atomic E-state index is 13.8. The Labute approximate surface area is 130 Å². The summed E-state index contributed by atoms with van der Waals surface area (Å²) < 4.78 is 15.5. The van der Waals surface area contributed by atoms with E-state index in [0.29, 0.717) is 28.3 Å². The Morgan fingerprint density at radius 3 is 2.77 bits per heavy atom. The molecule has 1 fully saturated rings. The van der Waals surface area contributed by atoms with Crippen molar-refractivity contribution in [2.75, 3.05) is 31.1 Å². The third kappa shape index (κ3) is 2.08. The molecule has 1 N–H and O–H groups in total. The molecule has 114 valence electrons. The van der Waals surface area contributed by atoms with E-state index in [1.807, 2.05) is 6.92 Å². The number of fused-ring (bicyclic) bond motifs is 3. The second-order valence-corrected chi connectivity index (χ2v) is 5.73. The summed E-state index contributed by atoms with van der Waals surface area (Å²) in [4.78, 5) is 11.2. The minimum atomic E-state index is -0.478. The van der Waals surface area contributed by atoms with Crippen molar-refractivity contribution in [3.63, 3.8) is 0 Å². The van der Waals surface area contributed by atoms with Crippen LogP contribution in [0.4, 0.5) is 10.3 Å². The van der Waals surface area contributed by atoms with Crippen LogP contribution >= 0.6 is 11.6 Å². The van der Waals surface area contributed by atoms with Crippen molar-refractivity contribution < 1.29 is 4.39 Å². The van der Waals surface area contributed by atoms with Crippen LogP contribution in [-0.4, -0.2) is 45.8 Å². The highest BCUT2D eigenvalue weighted by atomic mass is 35.5. The van der Waals surface area contributed by atoms with Gasteiger partial charge in [-0.05, 0) is 13.0 Å². The number of rotatable bonds is 1. The number of nitrogens with one attached hydrogen (secondary N) is 1. The van der Waals surface area contributed by atoms with Gasteiger partial charge in [0.25, 0.3) is 0 Å². The molecule has 2 aromatic heterocycles. The standard InChI is InChI=1S/C14H14ClFN6/c1-8-18-13-9-6-10(15)11(16)7-12(9)19-14(22(13)20-8)21-4-2-17-3-5-21/h6-7,17H,2-5H2,1H3. The first kappa shape index (κ1) is 13.7. The molecular weight excluding hydrogens is 307 g/mol. The molecule has 3 aromatic rings. The molecule has 3 heterocycles. The average molecular weight is 321 g/mol. The number of aromatic nitrogens is 4. The lowest BCUT2D eigenvalue weighted by atomic mass is 10.2. The van der Waals surface area contributed by atoms with Crippen molar-refractivity contribution in [2.24, 2.45) is 0 Å². The Hall–Kier alpha value is -1.99. The molecule has 4 rings (SSSR count). The Morgan fingerprint density at radius 2 is 2.00 bits per heavy atom. The van der Waals surface area contributed by atoms with Crippen molar-refractivity contribution in [1.29, 1.82) is 0 Å². The highest BCUT2D eigenvalue weighted by molar-refractivity contribution is 6.31. The summed E-state index contributed by atoms with van der Waals surface area (Å²) >= 11 is 5.90. The fourth-order valence-corrected chi connectivity index (χ4v) is 2.93. The minimum Gasteiger partial charge on any atom is -0.338 e. The van der Waals surface area contributed by atoms with Crippen LogP contribution < -0.4 is 10.2 Å². The zero-order valence-corrected chi connectivity index (χ0v) is 12.7. The number of halogens is 2. The van der Waals surface area contributed by atoms with Crippen LogP contribution in [-0.2, 0) is 0 Å². The number of nitrogens with zero attached hydrogens (tertiary/aromatic N) is 5. The lowest BCUT2D eigenvalue weighted by Crippen LogP contribution is -2.44. The molecule has 8 heteroatoms. The number of hydrogen-bond donors (Lipinski definition) is 1. The summed E-state index contributed by atoms with van der Waals surface area (Å²) in [6.07, 6.45) is 0. The third-order valence-electron chi connectivity index (χ3n) is 3.80. The van der Waals surface area contributed by atoms with E-state index in [-0.39, 0.29) is 5.02 Å². The second kappa shape index (κ2) is 5.03. The monoisotopic (exact) mass is 320 g/mol. The average Bonchev–Trinajstić information content (AvgIpc) is 2.91. The van der Waals surface area contributed by atoms with Crippen molar-refractivity contribution >= 4 is 34.1 Å². The topological polar surface area (TPSA) is 58.4 Å². The van der Waals surface area contributed by atoms with Gasteiger partial charge in [-0.1, -0.05) is 11.6 Å². The molecule has 0 atom stereocenters. The van der Waals surface area contributed by atoms with Gasteiger partial charge in [-0.3, -0.25) is 0 Å². The van der Waals surface area contributed by atoms with Crippen LogP contribution in [0.1, 0.15) is 5.82 Å². The molecule has 0 spiro atoms. The number of hydrogen-bond acceptors (Lipinski definition) is 5. The predicted octanol–water partition coefficient (Wildman–Crippen LogP) is 1.79. The molecule has 1 aliphatic rings. The molecule has 0 aliphatic carbocycles. The molecule has 0 amide bonds. The Bertz CT molecular complexity index is 871. The summed E-state index contributed by atoms with van der Waals surface area (Å²) in [7, 11) is 0. The van der Waals surface area contributed by atoms with Gasteiger partial charge in [-0.2, -0.15) is 4.52 Å². The van der Waals surface area contributed by atoms with Gasteiger partial charge in [0.1, 0.15) is 11.6 Å². The highest BCUT2D eigenvalue weighted by Crippen LogP contribution is 2.27. The van der Waals surface area contributed by atoms with Gasteiger partial charge in [0.2, 0.25) is 5.95 Å². The first-order valence-electron chi connectivity index (χ1n) is 7.11. The van der Waals surface area contributed by atoms with E-state index in [2.05, 4.69) is 25.3 Å². The van der Waals surface area contributed by atoms with Crippen molar-refractivity contribution in [1.82, 2.24) is 24.9 Å². The molecular formula is C14H14ClFN6. The number of anilines is 1. The maximum atomic E-state index is 13.8. The van der Waals surface area contributed by atoms with Crippen molar-refractivity contribution in [3.05, 3.63) is 28.8 Å². The first-order valence-corrected chi connectivity index (χ1v) is 7.49. The van der Waals surface area contributed by atoms with Gasteiger partial charge < -0.3 is 10.2 Å². The van der Waals surface area contributed by atoms with Crippen LogP contribution in [0.3, 0.4) is 0 Å². The van der Waals surface area contributed by atoms with E-state index in [1.54, 1.807) is 10.6 Å². The Kier molecular flexibility index (Phi) is 3.12. The summed E-state index contributed by atoms with van der Waals surface area (Å²) in [5.41, 5.74) is 1.19. The van der Waals surface area contributed by atoms with Gasteiger partial charge in [-0.25, -0.2) is 14.4 Å². The summed E-state index contributed by atoms with van der Waals surface area (Å²) in [6, 6.07) is 2.91. The molecule has 1 saturated heterocycles. The van der Waals surface area contributed by atoms with Crippen LogP contribution in [0.2, 0.25) is 5.02 Å². The molecule has 1 aliphatic heterocycles. The Morgan fingerprint density at radius 1 is 1.23 bits per heavy atom. The highest BCUT2D eigenvalue weighted by Gasteiger charge is 2.20. The predicted molar refractivity (Wildman–Crippen MR) is 83.1 cm³/mol. The van der Waals surface area contributed by atoms with Crippen LogP contribution in [0.25, 0.3) is 16.6 Å². The zero-order chi connectivity index (χ0) is 15.3. The molecule has 0 unspecified atom stereocenters. The molecule has 0 bridgehead atoms. The molecule has 0 radical (unpaired) electrons. The number of aryl methyl sites for hydroxylation is 1. The Balaban J connectivity index is 2.03. The zero-order valence-electron chi connectivity index (χ0n) is 12.0. The molecule has 0 saturated carbocycles. The summed E-state index contributed by atoms with van der Waals surface area (Å²) in [5.74, 6) is 0.853. The van der Waals surface area contributed by atoms with Gasteiger partial charge in [0.15, 0.2) is 5.65 Å². The fraction of sp³-hybridized carbons (Fsp3) is 0.357. The summed E-state index contributed by atoms with van der Waals surface area (Å²) in [5, 5.41) is 8.50. The van der Waals surface area contributed by atoms with E-state index in [9.17, 15) is 4.39 Å². The van der Waals surface area contributed by atoms with E-state index in [4.69, 9.17) is 11.6 Å². The van der Waals surface area contributed by atoms with Crippen molar-refractivity contribution in [2.45, 2.75) is 6.92 Å². The maximum Gasteiger partial charge on any atom is 0.229 e. The lowest BCUT2D eigenvalue weighted by Gasteiger charge is -2.28. The van der Waals surface area contributed by atoms with Gasteiger partial charge in [0.05, 0.1) is 10.5 Å². The van der Waals surface area contributed by atoms with E-state index < -0.39 is 5.82 Å². The number of piperazine rings is 1. The van der Waals surface area contributed by atoms with Gasteiger partial charge >= 0.3 is 0 Å². The largest absolute Gasteiger partial charge is 0.338 e. The lowest BCUT2D eigenvalue weighted by molar-refractivity contribution is 0.574. The smallest absolute Gasteiger partial charge is 0.229 e. The number of benzene rings is 1. The van der Waals surface area contributed by atoms with Crippen LogP contribution in [0.15, 0.2) is 12.1 Å². The normalized spacial score (nSPS) is 15.9. The third-order valence-corrected chi connectivity index (χ3v) is 4.09. The van der Waals surface area contributed by atoms with Crippen LogP contribution in [0.5, 0.6) is 0 Å². The SMILES string of the molecule is Cc1nc2c3cc(Cl)c(F)cc3nc(N3CCNCC3)n2n1. The van der Waals surface area contributed by atoms with Crippen molar-refractivity contribution in [3.8, 4) is 0 Å². The van der Waals surface area contributed by atoms with E-state index >= 15 is 0 Å². The first-order chi connectivity index (χ1) is 10.6. The minimum absolute atomic E-state index is 0.0618. The van der Waals surface area contributed by atoms with Gasteiger partial charge in [0, 0.05) is 37.6 Å². The second-order valence-electron chi connectivity index (χ2n) is 5.33. The van der Waals surface area contributed by atoms with E-state index in [1.165, 1.54) is 6.07 Å². The van der Waals surface area contributed by atoms with Crippen LogP contribution in [0, 0.1) is 12.7 Å². The summed E-state index contributed by atoms with van der Waals surface area (Å²) in [6.45, 7) is 5.23. The fourth-order valence-electron chi connectivity index (χ4n) is 2.76.